The standard InChI is InChI=1S/C19H18ClN3O2/c1-12-6-7-14(20)10-16(12)22-17(24)8-9-23-11-21-18-13(2)4-3-5-15(18)19(23)25/h3-7,10-11H,8-9H2,1-2H3,(H,22,24). The number of hydrogen-bond donors (Lipinski definition) is 1. The molecular formula is C19H18ClN3O2. The average molecular weight is 356 g/mol. The Labute approximate surface area is 150 Å². The molecule has 1 N–H and O–H groups in total. The molecule has 3 rings (SSSR count). The highest BCUT2D eigenvalue weighted by Crippen LogP contribution is 2.20. The van der Waals surface area contributed by atoms with Crippen molar-refractivity contribution in [3.05, 3.63) is 69.2 Å². The lowest BCUT2D eigenvalue weighted by Crippen LogP contribution is -2.24. The highest BCUT2D eigenvalue weighted by atomic mass is 35.5. The molecule has 128 valence electrons. The summed E-state index contributed by atoms with van der Waals surface area (Å²) in [5, 5.41) is 3.95. The summed E-state index contributed by atoms with van der Waals surface area (Å²) >= 11 is 5.96. The Morgan fingerprint density at radius 3 is 2.80 bits per heavy atom. The Kier molecular flexibility index (Phi) is 4.86. The monoisotopic (exact) mass is 355 g/mol. The van der Waals surface area contributed by atoms with Gasteiger partial charge in [0.2, 0.25) is 5.91 Å². The molecule has 25 heavy (non-hydrogen) atoms. The predicted molar refractivity (Wildman–Crippen MR) is 100 cm³/mol. The molecule has 0 aliphatic heterocycles. The van der Waals surface area contributed by atoms with Crippen LogP contribution in [0.3, 0.4) is 0 Å². The van der Waals surface area contributed by atoms with Crippen LogP contribution in [0.25, 0.3) is 10.9 Å². The molecular weight excluding hydrogens is 338 g/mol. The fourth-order valence-electron chi connectivity index (χ4n) is 2.66. The van der Waals surface area contributed by atoms with Crippen molar-refractivity contribution in [1.29, 1.82) is 0 Å². The maximum Gasteiger partial charge on any atom is 0.261 e. The van der Waals surface area contributed by atoms with Gasteiger partial charge in [0.05, 0.1) is 17.2 Å². The van der Waals surface area contributed by atoms with Crippen molar-refractivity contribution in [1.82, 2.24) is 9.55 Å². The molecule has 3 aromatic rings. The number of aromatic nitrogens is 2. The van der Waals surface area contributed by atoms with Crippen LogP contribution >= 0.6 is 11.6 Å². The molecule has 0 saturated carbocycles. The lowest BCUT2D eigenvalue weighted by atomic mass is 10.1. The van der Waals surface area contributed by atoms with Crippen molar-refractivity contribution in [2.75, 3.05) is 5.32 Å². The van der Waals surface area contributed by atoms with Crippen LogP contribution in [0.4, 0.5) is 5.69 Å². The SMILES string of the molecule is Cc1ccc(Cl)cc1NC(=O)CCn1cnc2c(C)cccc2c1=O. The zero-order valence-corrected chi connectivity index (χ0v) is 14.8. The van der Waals surface area contributed by atoms with Gasteiger partial charge >= 0.3 is 0 Å². The number of benzene rings is 2. The van der Waals surface area contributed by atoms with E-state index < -0.39 is 0 Å². The molecule has 0 aliphatic carbocycles. The third-order valence-electron chi connectivity index (χ3n) is 4.11. The molecule has 5 nitrogen and oxygen atoms in total. The van der Waals surface area contributed by atoms with Crippen molar-refractivity contribution in [3.8, 4) is 0 Å². The number of fused-ring (bicyclic) bond motifs is 1. The number of nitrogens with zero attached hydrogens (tertiary/aromatic N) is 2. The van der Waals surface area contributed by atoms with E-state index in [1.54, 1.807) is 18.2 Å². The van der Waals surface area contributed by atoms with Crippen molar-refractivity contribution >= 4 is 34.1 Å². The molecule has 0 aliphatic rings. The van der Waals surface area contributed by atoms with Gasteiger partial charge in [-0.3, -0.25) is 14.2 Å². The molecule has 1 amide bonds. The van der Waals surface area contributed by atoms with Crippen LogP contribution in [0.1, 0.15) is 17.5 Å². The molecule has 0 atom stereocenters. The average Bonchev–Trinajstić information content (AvgIpc) is 2.58. The first kappa shape index (κ1) is 17.2. The van der Waals surface area contributed by atoms with Gasteiger partial charge in [-0.05, 0) is 43.2 Å². The maximum absolute atomic E-state index is 12.5. The second-order valence-corrected chi connectivity index (χ2v) is 6.41. The molecule has 1 heterocycles. The Morgan fingerprint density at radius 2 is 2.00 bits per heavy atom. The van der Waals surface area contributed by atoms with Gasteiger partial charge in [0.15, 0.2) is 0 Å². The zero-order chi connectivity index (χ0) is 18.0. The lowest BCUT2D eigenvalue weighted by molar-refractivity contribution is -0.116. The minimum atomic E-state index is -0.179. The van der Waals surface area contributed by atoms with E-state index in [2.05, 4.69) is 10.3 Å². The smallest absolute Gasteiger partial charge is 0.261 e. The largest absolute Gasteiger partial charge is 0.326 e. The van der Waals surface area contributed by atoms with E-state index in [1.807, 2.05) is 32.0 Å². The number of para-hydroxylation sites is 1. The number of nitrogens with one attached hydrogen (secondary N) is 1. The lowest BCUT2D eigenvalue weighted by Gasteiger charge is -2.10. The summed E-state index contributed by atoms with van der Waals surface area (Å²) in [6.07, 6.45) is 1.67. The first-order chi connectivity index (χ1) is 12.0. The summed E-state index contributed by atoms with van der Waals surface area (Å²) in [7, 11) is 0. The van der Waals surface area contributed by atoms with Crippen LogP contribution in [0.15, 0.2) is 47.5 Å². The number of amides is 1. The van der Waals surface area contributed by atoms with Gasteiger partial charge in [-0.25, -0.2) is 4.98 Å². The van der Waals surface area contributed by atoms with Gasteiger partial charge in [-0.1, -0.05) is 29.8 Å². The van der Waals surface area contributed by atoms with Gasteiger partial charge in [0.1, 0.15) is 0 Å². The van der Waals surface area contributed by atoms with Crippen molar-refractivity contribution in [3.63, 3.8) is 0 Å². The zero-order valence-electron chi connectivity index (χ0n) is 14.0. The number of carbonyl (C=O) groups excluding carboxylic acids is 1. The second kappa shape index (κ2) is 7.07. The Morgan fingerprint density at radius 1 is 1.20 bits per heavy atom. The van der Waals surface area contributed by atoms with Gasteiger partial charge in [0, 0.05) is 23.7 Å². The van der Waals surface area contributed by atoms with E-state index in [1.165, 1.54) is 10.9 Å². The molecule has 0 fully saturated rings. The number of aryl methyl sites for hydroxylation is 3. The van der Waals surface area contributed by atoms with Gasteiger partial charge in [0.25, 0.3) is 5.56 Å². The first-order valence-electron chi connectivity index (χ1n) is 7.96. The Bertz CT molecular complexity index is 1010. The number of hydrogen-bond acceptors (Lipinski definition) is 3. The summed E-state index contributed by atoms with van der Waals surface area (Å²) in [5.41, 5.74) is 3.12. The highest BCUT2D eigenvalue weighted by molar-refractivity contribution is 6.31. The van der Waals surface area contributed by atoms with E-state index in [9.17, 15) is 9.59 Å². The van der Waals surface area contributed by atoms with Gasteiger partial charge < -0.3 is 5.32 Å². The third kappa shape index (κ3) is 3.72. The third-order valence-corrected chi connectivity index (χ3v) is 4.34. The minimum absolute atomic E-state index is 0.138. The topological polar surface area (TPSA) is 64.0 Å². The van der Waals surface area contributed by atoms with Crippen LogP contribution in [0.5, 0.6) is 0 Å². The van der Waals surface area contributed by atoms with Crippen molar-refractivity contribution < 1.29 is 4.79 Å². The quantitative estimate of drug-likeness (QED) is 0.776. The Balaban J connectivity index is 1.74. The van der Waals surface area contributed by atoms with E-state index in [4.69, 9.17) is 11.6 Å². The summed E-state index contributed by atoms with van der Waals surface area (Å²) < 4.78 is 1.46. The fourth-order valence-corrected chi connectivity index (χ4v) is 2.83. The number of halogens is 1. The molecule has 0 saturated heterocycles. The summed E-state index contributed by atoms with van der Waals surface area (Å²) in [4.78, 5) is 29.1. The molecule has 0 unspecified atom stereocenters. The second-order valence-electron chi connectivity index (χ2n) is 5.97. The molecule has 0 spiro atoms. The molecule has 1 aromatic heterocycles. The van der Waals surface area contributed by atoms with E-state index in [0.29, 0.717) is 21.6 Å². The summed E-state index contributed by atoms with van der Waals surface area (Å²) in [6.45, 7) is 4.08. The van der Waals surface area contributed by atoms with Crippen molar-refractivity contribution in [2.45, 2.75) is 26.8 Å². The molecule has 6 heteroatoms. The van der Waals surface area contributed by atoms with Gasteiger partial charge in [-0.15, -0.1) is 0 Å². The first-order valence-corrected chi connectivity index (χ1v) is 8.34. The van der Waals surface area contributed by atoms with Crippen LogP contribution in [-0.2, 0) is 11.3 Å². The molecule has 0 radical (unpaired) electrons. The predicted octanol–water partition coefficient (Wildman–Crippen LogP) is 3.70. The summed E-state index contributed by atoms with van der Waals surface area (Å²) in [5.74, 6) is -0.179. The molecule has 2 aromatic carbocycles. The van der Waals surface area contributed by atoms with E-state index >= 15 is 0 Å². The molecule has 0 bridgehead atoms. The normalized spacial score (nSPS) is 10.8. The van der Waals surface area contributed by atoms with E-state index in [-0.39, 0.29) is 24.4 Å². The summed E-state index contributed by atoms with van der Waals surface area (Å²) in [6, 6.07) is 10.8. The number of rotatable bonds is 4. The van der Waals surface area contributed by atoms with Crippen molar-refractivity contribution in [2.24, 2.45) is 0 Å². The van der Waals surface area contributed by atoms with Crippen LogP contribution in [0.2, 0.25) is 5.02 Å². The number of anilines is 1. The maximum atomic E-state index is 12.5. The van der Waals surface area contributed by atoms with Crippen LogP contribution in [-0.4, -0.2) is 15.5 Å². The van der Waals surface area contributed by atoms with Crippen LogP contribution in [0, 0.1) is 13.8 Å². The highest BCUT2D eigenvalue weighted by Gasteiger charge is 2.09. The fraction of sp³-hybridized carbons (Fsp3) is 0.211. The van der Waals surface area contributed by atoms with Gasteiger partial charge in [-0.2, -0.15) is 0 Å². The Hall–Kier alpha value is -2.66. The van der Waals surface area contributed by atoms with Crippen LogP contribution < -0.4 is 10.9 Å². The minimum Gasteiger partial charge on any atom is -0.326 e. The van der Waals surface area contributed by atoms with E-state index in [0.717, 1.165) is 11.1 Å². The number of carbonyl (C=O) groups is 1.